The van der Waals surface area contributed by atoms with E-state index in [1.807, 2.05) is 19.4 Å². The fourth-order valence-electron chi connectivity index (χ4n) is 1.90. The highest BCUT2D eigenvalue weighted by Gasteiger charge is 2.32. The van der Waals surface area contributed by atoms with E-state index >= 15 is 0 Å². The Labute approximate surface area is 105 Å². The average molecular weight is 255 g/mol. The normalized spacial score (nSPS) is 23.9. The van der Waals surface area contributed by atoms with E-state index in [1.165, 1.54) is 0 Å². The molecule has 1 saturated heterocycles. The van der Waals surface area contributed by atoms with Crippen molar-refractivity contribution in [2.75, 3.05) is 20.3 Å². The summed E-state index contributed by atoms with van der Waals surface area (Å²) in [5, 5.41) is 8.99. The molecule has 0 aromatic carbocycles. The van der Waals surface area contributed by atoms with Gasteiger partial charge in [0.15, 0.2) is 0 Å². The lowest BCUT2D eigenvalue weighted by atomic mass is 10.0. The van der Waals surface area contributed by atoms with Crippen LogP contribution in [-0.2, 0) is 16.1 Å². The third-order valence-electron chi connectivity index (χ3n) is 2.90. The lowest BCUT2D eigenvalue weighted by Gasteiger charge is -2.15. The van der Waals surface area contributed by atoms with Crippen LogP contribution in [0.1, 0.15) is 10.7 Å². The number of aryl methyl sites for hydroxylation is 1. The number of carbonyl (C=O) groups excluding carboxylic acids is 1. The number of amides is 1. The van der Waals surface area contributed by atoms with Gasteiger partial charge in [0.2, 0.25) is 5.91 Å². The summed E-state index contributed by atoms with van der Waals surface area (Å²) in [6, 6.07) is 0.118. The Morgan fingerprint density at radius 2 is 2.47 bits per heavy atom. The molecule has 1 aromatic heterocycles. The van der Waals surface area contributed by atoms with Crippen LogP contribution in [0.4, 0.5) is 0 Å². The second-order valence-corrected chi connectivity index (χ2v) is 5.18. The molecule has 1 fully saturated rings. The minimum atomic E-state index is -0.0975. The molecular weight excluding hydrogens is 238 g/mol. The Kier molecular flexibility index (Phi) is 4.09. The molecular formula is C11H17N3O2S. The van der Waals surface area contributed by atoms with E-state index in [2.05, 4.69) is 15.6 Å². The first-order chi connectivity index (χ1) is 8.20. The minimum absolute atomic E-state index is 0.0347. The monoisotopic (exact) mass is 255 g/mol. The van der Waals surface area contributed by atoms with Gasteiger partial charge in [0.05, 0.1) is 36.4 Å². The third kappa shape index (κ3) is 3.02. The zero-order valence-corrected chi connectivity index (χ0v) is 10.8. The summed E-state index contributed by atoms with van der Waals surface area (Å²) >= 11 is 1.59. The fourth-order valence-corrected chi connectivity index (χ4v) is 2.51. The van der Waals surface area contributed by atoms with Gasteiger partial charge in [-0.25, -0.2) is 4.98 Å². The second kappa shape index (κ2) is 5.57. The lowest BCUT2D eigenvalue weighted by molar-refractivity contribution is -0.125. The Balaban J connectivity index is 1.84. The van der Waals surface area contributed by atoms with Crippen molar-refractivity contribution in [3.63, 3.8) is 0 Å². The van der Waals surface area contributed by atoms with Crippen LogP contribution in [0, 0.1) is 12.8 Å². The third-order valence-corrected chi connectivity index (χ3v) is 3.72. The summed E-state index contributed by atoms with van der Waals surface area (Å²) in [5.41, 5.74) is 0.917. The first-order valence-corrected chi connectivity index (χ1v) is 6.52. The lowest BCUT2D eigenvalue weighted by Crippen LogP contribution is -2.42. The molecule has 2 unspecified atom stereocenters. The Morgan fingerprint density at radius 1 is 1.65 bits per heavy atom. The number of rotatable bonds is 4. The predicted molar refractivity (Wildman–Crippen MR) is 65.9 cm³/mol. The van der Waals surface area contributed by atoms with E-state index in [4.69, 9.17) is 4.74 Å². The molecule has 1 amide bonds. The standard InChI is InChI=1S/C11H17N3O2S/c1-7-14-8(6-17-7)3-13-11(15)9-4-16-5-10(9)12-2/h6,9-10,12H,3-5H2,1-2H3,(H,13,15). The molecule has 1 aliphatic rings. The van der Waals surface area contributed by atoms with Crippen LogP contribution in [0.15, 0.2) is 5.38 Å². The maximum atomic E-state index is 11.9. The van der Waals surface area contributed by atoms with Crippen molar-refractivity contribution in [3.8, 4) is 0 Å². The van der Waals surface area contributed by atoms with Crippen LogP contribution in [0.25, 0.3) is 0 Å². The van der Waals surface area contributed by atoms with E-state index < -0.39 is 0 Å². The molecule has 17 heavy (non-hydrogen) atoms. The topological polar surface area (TPSA) is 63.2 Å². The number of aromatic nitrogens is 1. The van der Waals surface area contributed by atoms with Crippen LogP contribution >= 0.6 is 11.3 Å². The Morgan fingerprint density at radius 3 is 3.12 bits per heavy atom. The van der Waals surface area contributed by atoms with Gasteiger partial charge in [-0.3, -0.25) is 4.79 Å². The highest BCUT2D eigenvalue weighted by Crippen LogP contribution is 2.14. The first-order valence-electron chi connectivity index (χ1n) is 5.64. The summed E-state index contributed by atoms with van der Waals surface area (Å²) in [7, 11) is 1.85. The van der Waals surface area contributed by atoms with Crippen molar-refractivity contribution < 1.29 is 9.53 Å². The minimum Gasteiger partial charge on any atom is -0.379 e. The predicted octanol–water partition coefficient (Wildman–Crippen LogP) is 0.302. The number of nitrogens with one attached hydrogen (secondary N) is 2. The SMILES string of the molecule is CNC1COCC1C(=O)NCc1csc(C)n1. The van der Waals surface area contributed by atoms with Crippen molar-refractivity contribution in [2.24, 2.45) is 5.92 Å². The first kappa shape index (κ1) is 12.5. The molecule has 2 heterocycles. The molecule has 0 bridgehead atoms. The van der Waals surface area contributed by atoms with Crippen molar-refractivity contribution in [1.29, 1.82) is 0 Å². The van der Waals surface area contributed by atoms with Crippen LogP contribution in [-0.4, -0.2) is 37.2 Å². The number of hydrogen-bond donors (Lipinski definition) is 2. The van der Waals surface area contributed by atoms with Crippen LogP contribution in [0.2, 0.25) is 0 Å². The molecule has 2 N–H and O–H groups in total. The number of nitrogens with zero attached hydrogens (tertiary/aromatic N) is 1. The Bertz CT molecular complexity index is 394. The molecule has 6 heteroatoms. The molecule has 0 spiro atoms. The van der Waals surface area contributed by atoms with Crippen LogP contribution in [0.3, 0.4) is 0 Å². The number of carbonyl (C=O) groups is 1. The second-order valence-electron chi connectivity index (χ2n) is 4.11. The van der Waals surface area contributed by atoms with Gasteiger partial charge < -0.3 is 15.4 Å². The Hall–Kier alpha value is -0.980. The molecule has 2 atom stereocenters. The quantitative estimate of drug-likeness (QED) is 0.812. The molecule has 2 rings (SSSR count). The summed E-state index contributed by atoms with van der Waals surface area (Å²) < 4.78 is 5.30. The maximum Gasteiger partial charge on any atom is 0.227 e. The van der Waals surface area contributed by atoms with Gasteiger partial charge in [0.25, 0.3) is 0 Å². The van der Waals surface area contributed by atoms with Gasteiger partial charge >= 0.3 is 0 Å². The average Bonchev–Trinajstić information content (AvgIpc) is 2.94. The smallest absolute Gasteiger partial charge is 0.227 e. The molecule has 1 aromatic rings. The van der Waals surface area contributed by atoms with Gasteiger partial charge in [-0.2, -0.15) is 0 Å². The fraction of sp³-hybridized carbons (Fsp3) is 0.636. The summed E-state index contributed by atoms with van der Waals surface area (Å²) in [5.74, 6) is -0.0627. The molecule has 94 valence electrons. The molecule has 1 aliphatic heterocycles. The maximum absolute atomic E-state index is 11.9. The zero-order chi connectivity index (χ0) is 12.3. The largest absolute Gasteiger partial charge is 0.379 e. The van der Waals surface area contributed by atoms with Gasteiger partial charge in [0, 0.05) is 11.4 Å². The van der Waals surface area contributed by atoms with E-state index in [-0.39, 0.29) is 17.9 Å². The molecule has 0 saturated carbocycles. The highest BCUT2D eigenvalue weighted by molar-refractivity contribution is 7.09. The molecule has 0 aliphatic carbocycles. The van der Waals surface area contributed by atoms with Gasteiger partial charge in [-0.1, -0.05) is 0 Å². The number of thiazole rings is 1. The van der Waals surface area contributed by atoms with Crippen molar-refractivity contribution in [2.45, 2.75) is 19.5 Å². The number of hydrogen-bond acceptors (Lipinski definition) is 5. The summed E-state index contributed by atoms with van der Waals surface area (Å²) in [6.07, 6.45) is 0. The van der Waals surface area contributed by atoms with E-state index in [1.54, 1.807) is 11.3 Å². The van der Waals surface area contributed by atoms with Gasteiger partial charge in [-0.15, -0.1) is 11.3 Å². The molecule has 5 nitrogen and oxygen atoms in total. The summed E-state index contributed by atoms with van der Waals surface area (Å²) in [4.78, 5) is 16.2. The van der Waals surface area contributed by atoms with Crippen molar-refractivity contribution in [3.05, 3.63) is 16.1 Å². The summed E-state index contributed by atoms with van der Waals surface area (Å²) in [6.45, 7) is 3.55. The van der Waals surface area contributed by atoms with Crippen molar-refractivity contribution in [1.82, 2.24) is 15.6 Å². The van der Waals surface area contributed by atoms with Crippen molar-refractivity contribution >= 4 is 17.2 Å². The van der Waals surface area contributed by atoms with Gasteiger partial charge in [0.1, 0.15) is 0 Å². The van der Waals surface area contributed by atoms with Gasteiger partial charge in [-0.05, 0) is 14.0 Å². The molecule has 0 radical (unpaired) electrons. The number of ether oxygens (including phenoxy) is 1. The van der Waals surface area contributed by atoms with E-state index in [0.717, 1.165) is 10.7 Å². The van der Waals surface area contributed by atoms with Crippen LogP contribution < -0.4 is 10.6 Å². The zero-order valence-electron chi connectivity index (χ0n) is 10.0. The number of likely N-dealkylation sites (N-methyl/N-ethyl adjacent to an activating group) is 1. The van der Waals surface area contributed by atoms with E-state index in [0.29, 0.717) is 19.8 Å². The van der Waals surface area contributed by atoms with Crippen LogP contribution in [0.5, 0.6) is 0 Å². The van der Waals surface area contributed by atoms with E-state index in [9.17, 15) is 4.79 Å². The highest BCUT2D eigenvalue weighted by atomic mass is 32.1.